The number of rotatable bonds is 12. The molecule has 234 valence electrons. The van der Waals surface area contributed by atoms with Gasteiger partial charge in [0.2, 0.25) is 5.89 Å². The molecular formula is C29H29F6NO7. The number of aromatic nitrogens is 1. The van der Waals surface area contributed by atoms with Crippen LogP contribution in [0, 0.1) is 6.92 Å². The number of oxazole rings is 1. The predicted molar refractivity (Wildman–Crippen MR) is 138 cm³/mol. The van der Waals surface area contributed by atoms with Crippen molar-refractivity contribution in [2.75, 3.05) is 6.61 Å². The van der Waals surface area contributed by atoms with Crippen LogP contribution in [0.5, 0.6) is 5.75 Å². The first kappa shape index (κ1) is 32.3. The number of hydrogen-bond acceptors (Lipinski definition) is 7. The van der Waals surface area contributed by atoms with E-state index in [0.29, 0.717) is 35.4 Å². The van der Waals surface area contributed by atoms with Crippen LogP contribution < -0.4 is 4.74 Å². The lowest BCUT2D eigenvalue weighted by atomic mass is 9.95. The van der Waals surface area contributed by atoms with E-state index in [2.05, 4.69) is 9.72 Å². The smallest absolute Gasteiger partial charge is 0.479 e. The molecule has 3 aromatic rings. The lowest BCUT2D eigenvalue weighted by Gasteiger charge is -2.29. The van der Waals surface area contributed by atoms with Gasteiger partial charge in [-0.15, -0.1) is 13.2 Å². The van der Waals surface area contributed by atoms with Gasteiger partial charge in [-0.05, 0) is 74.6 Å². The van der Waals surface area contributed by atoms with E-state index in [1.165, 1.54) is 24.3 Å². The maximum absolute atomic E-state index is 12.7. The monoisotopic (exact) mass is 617 g/mol. The Labute approximate surface area is 242 Å². The highest BCUT2D eigenvalue weighted by molar-refractivity contribution is 5.72. The number of carbonyl (C=O) groups is 1. The Hall–Kier alpha value is -3.62. The van der Waals surface area contributed by atoms with Crippen molar-refractivity contribution in [3.05, 3.63) is 71.1 Å². The maximum Gasteiger partial charge on any atom is 0.573 e. The largest absolute Gasteiger partial charge is 0.573 e. The summed E-state index contributed by atoms with van der Waals surface area (Å²) in [5.41, 5.74) is 0.569. The summed E-state index contributed by atoms with van der Waals surface area (Å²) in [4.78, 5) is 16.1. The molecule has 8 nitrogen and oxygen atoms in total. The third-order valence-corrected chi connectivity index (χ3v) is 6.75. The fraction of sp³-hybridized carbons (Fsp3) is 0.448. The Balaban J connectivity index is 1.24. The number of ether oxygens (including phenoxy) is 4. The van der Waals surface area contributed by atoms with Crippen LogP contribution in [-0.4, -0.2) is 47.3 Å². The van der Waals surface area contributed by atoms with Gasteiger partial charge in [-0.2, -0.15) is 13.2 Å². The van der Waals surface area contributed by atoms with Crippen molar-refractivity contribution in [2.24, 2.45) is 0 Å². The number of aryl methyl sites for hydroxylation is 1. The van der Waals surface area contributed by atoms with Gasteiger partial charge >= 0.3 is 18.5 Å². The molecule has 2 aromatic carbocycles. The third kappa shape index (κ3) is 9.70. The van der Waals surface area contributed by atoms with E-state index in [9.17, 15) is 36.2 Å². The van der Waals surface area contributed by atoms with Gasteiger partial charge in [0, 0.05) is 5.56 Å². The van der Waals surface area contributed by atoms with E-state index in [0.717, 1.165) is 37.1 Å². The van der Waals surface area contributed by atoms with Gasteiger partial charge in [0.15, 0.2) is 6.10 Å². The van der Waals surface area contributed by atoms with Gasteiger partial charge in [0.25, 0.3) is 0 Å². The number of benzene rings is 2. The molecule has 1 N–H and O–H groups in total. The van der Waals surface area contributed by atoms with E-state index < -0.39 is 30.2 Å². The zero-order valence-electron chi connectivity index (χ0n) is 22.9. The lowest BCUT2D eigenvalue weighted by Crippen LogP contribution is -2.34. The lowest BCUT2D eigenvalue weighted by molar-refractivity contribution is -0.274. The van der Waals surface area contributed by atoms with Crippen molar-refractivity contribution < 1.29 is 59.6 Å². The summed E-state index contributed by atoms with van der Waals surface area (Å²) in [5.74, 6) is -0.910. The molecule has 0 saturated heterocycles. The van der Waals surface area contributed by atoms with Crippen molar-refractivity contribution >= 4 is 5.97 Å². The Morgan fingerprint density at radius 3 is 2.23 bits per heavy atom. The summed E-state index contributed by atoms with van der Waals surface area (Å²) >= 11 is 0. The Kier molecular flexibility index (Phi) is 10.4. The molecule has 3 atom stereocenters. The summed E-state index contributed by atoms with van der Waals surface area (Å²) in [6, 6.07) is 9.40. The summed E-state index contributed by atoms with van der Waals surface area (Å²) in [6.45, 7) is 1.38. The fourth-order valence-electron chi connectivity index (χ4n) is 4.49. The molecule has 0 radical (unpaired) electrons. The normalized spacial score (nSPS) is 18.4. The van der Waals surface area contributed by atoms with Gasteiger partial charge in [0.05, 0.1) is 37.6 Å². The van der Waals surface area contributed by atoms with E-state index in [1.54, 1.807) is 6.92 Å². The van der Waals surface area contributed by atoms with Gasteiger partial charge < -0.3 is 28.5 Å². The number of halogens is 6. The predicted octanol–water partition coefficient (Wildman–Crippen LogP) is 7.08. The summed E-state index contributed by atoms with van der Waals surface area (Å²) in [5, 5.41) is 9.52. The van der Waals surface area contributed by atoms with Crippen molar-refractivity contribution in [1.29, 1.82) is 0 Å². The number of carboxylic acid groups (broad SMARTS) is 1. The average Bonchev–Trinajstić information content (AvgIpc) is 3.31. The number of nitrogens with zero attached hydrogens (tertiary/aromatic N) is 1. The first-order valence-corrected chi connectivity index (χ1v) is 13.3. The molecule has 0 amide bonds. The molecule has 1 aromatic heterocycles. The van der Waals surface area contributed by atoms with E-state index in [4.69, 9.17) is 18.6 Å². The Bertz CT molecular complexity index is 1340. The second-order valence-corrected chi connectivity index (χ2v) is 9.98. The molecule has 0 aliphatic heterocycles. The van der Waals surface area contributed by atoms with Crippen LogP contribution in [0.2, 0.25) is 0 Å². The summed E-state index contributed by atoms with van der Waals surface area (Å²) in [6.07, 6.45) is -8.36. The molecule has 1 heterocycles. The van der Waals surface area contributed by atoms with Crippen molar-refractivity contribution in [3.8, 4) is 17.2 Å². The standard InChI is InChI=1S/C29H29F6NO7/c1-17-24(36-26(42-17)19-7-11-21(12-8-19)43-29(33,34)35)15-39-22-3-2-4-23(13-22)40-16-25(27(37)38)41-14-18-5-9-20(10-6-18)28(30,31)32/h5-12,22-23,25H,2-4,13-16H2,1H3,(H,37,38)/t22-,23?,25+/m0/s1. The summed E-state index contributed by atoms with van der Waals surface area (Å²) < 4.78 is 102. The molecular weight excluding hydrogens is 588 g/mol. The molecule has 1 fully saturated rings. The van der Waals surface area contributed by atoms with Gasteiger partial charge in [-0.1, -0.05) is 12.1 Å². The minimum absolute atomic E-state index is 0.121. The van der Waals surface area contributed by atoms with E-state index in [1.807, 2.05) is 0 Å². The van der Waals surface area contributed by atoms with Crippen LogP contribution >= 0.6 is 0 Å². The first-order chi connectivity index (χ1) is 20.3. The quantitative estimate of drug-likeness (QED) is 0.215. The number of hydrogen-bond donors (Lipinski definition) is 1. The Morgan fingerprint density at radius 2 is 1.63 bits per heavy atom. The molecule has 1 unspecified atom stereocenters. The molecule has 0 spiro atoms. The SMILES string of the molecule is Cc1oc(-c2ccc(OC(F)(F)F)cc2)nc1CO[C@H]1CCCC(OC[C@@H](OCc2ccc(C(F)(F)F)cc2)C(=O)O)C1. The zero-order chi connectivity index (χ0) is 31.2. The van der Waals surface area contributed by atoms with Gasteiger partial charge in [0.1, 0.15) is 17.2 Å². The van der Waals surface area contributed by atoms with Crippen LogP contribution in [0.15, 0.2) is 52.9 Å². The molecule has 14 heteroatoms. The van der Waals surface area contributed by atoms with Crippen molar-refractivity contribution in [1.82, 2.24) is 4.98 Å². The highest BCUT2D eigenvalue weighted by Crippen LogP contribution is 2.30. The minimum Gasteiger partial charge on any atom is -0.479 e. The first-order valence-electron chi connectivity index (χ1n) is 13.3. The second-order valence-electron chi connectivity index (χ2n) is 9.98. The van der Waals surface area contributed by atoms with Crippen molar-refractivity contribution in [2.45, 2.75) is 76.7 Å². The minimum atomic E-state index is -4.79. The highest BCUT2D eigenvalue weighted by atomic mass is 19.4. The van der Waals surface area contributed by atoms with Crippen LogP contribution in [0.3, 0.4) is 0 Å². The Morgan fingerprint density at radius 1 is 0.977 bits per heavy atom. The third-order valence-electron chi connectivity index (χ3n) is 6.75. The van der Waals surface area contributed by atoms with Crippen LogP contribution in [-0.2, 0) is 38.4 Å². The topological polar surface area (TPSA) is 100 Å². The molecule has 1 aliphatic rings. The van der Waals surface area contributed by atoms with Crippen LogP contribution in [0.1, 0.15) is 48.3 Å². The number of carboxylic acids is 1. The molecule has 0 bridgehead atoms. The number of aliphatic carboxylic acids is 1. The van der Waals surface area contributed by atoms with Crippen LogP contribution in [0.25, 0.3) is 11.5 Å². The van der Waals surface area contributed by atoms with Gasteiger partial charge in [-0.3, -0.25) is 0 Å². The molecule has 1 aliphatic carbocycles. The molecule has 1 saturated carbocycles. The van der Waals surface area contributed by atoms with Gasteiger partial charge in [-0.25, -0.2) is 9.78 Å². The second kappa shape index (κ2) is 13.8. The fourth-order valence-corrected chi connectivity index (χ4v) is 4.49. The average molecular weight is 618 g/mol. The molecule has 4 rings (SSSR count). The van der Waals surface area contributed by atoms with Crippen LogP contribution in [0.4, 0.5) is 26.3 Å². The number of alkyl halides is 6. The van der Waals surface area contributed by atoms with Crippen molar-refractivity contribution in [3.63, 3.8) is 0 Å². The maximum atomic E-state index is 12.7. The highest BCUT2D eigenvalue weighted by Gasteiger charge is 2.32. The zero-order valence-corrected chi connectivity index (χ0v) is 22.9. The molecule has 43 heavy (non-hydrogen) atoms. The summed E-state index contributed by atoms with van der Waals surface area (Å²) in [7, 11) is 0. The van der Waals surface area contributed by atoms with E-state index >= 15 is 0 Å². The van der Waals surface area contributed by atoms with E-state index in [-0.39, 0.29) is 43.7 Å².